The third kappa shape index (κ3) is 3.31. The van der Waals surface area contributed by atoms with Crippen LogP contribution in [0.5, 0.6) is 0 Å². The van der Waals surface area contributed by atoms with Crippen LogP contribution in [0.25, 0.3) is 0 Å². The van der Waals surface area contributed by atoms with Crippen LogP contribution in [0.3, 0.4) is 0 Å². The van der Waals surface area contributed by atoms with Crippen molar-refractivity contribution in [1.82, 2.24) is 14.9 Å². The predicted molar refractivity (Wildman–Crippen MR) is 91.8 cm³/mol. The van der Waals surface area contributed by atoms with Crippen molar-refractivity contribution in [2.45, 2.75) is 42.3 Å². The number of piperazine rings is 1. The first kappa shape index (κ1) is 17.0. The Hall–Kier alpha value is -1.48. The molecule has 1 amide bonds. The number of benzene rings is 1. The van der Waals surface area contributed by atoms with E-state index >= 15 is 0 Å². The summed E-state index contributed by atoms with van der Waals surface area (Å²) in [7, 11) is -3.50. The first-order valence-electron chi connectivity index (χ1n) is 8.79. The number of hydrogen-bond donors (Lipinski definition) is 2. The molecule has 3 atom stereocenters. The zero-order valence-electron chi connectivity index (χ0n) is 14.0. The Morgan fingerprint density at radius 2 is 2.12 bits per heavy atom. The molecular weight excluding hydrogens is 342 g/mol. The van der Waals surface area contributed by atoms with Gasteiger partial charge in [0.15, 0.2) is 0 Å². The molecule has 0 unspecified atom stereocenters. The highest BCUT2D eigenvalue weighted by molar-refractivity contribution is 7.89. The number of carbonyl (C=O) groups excluding carboxylic acids is 1. The molecule has 0 radical (unpaired) electrons. The number of ether oxygens (including phenoxy) is 1. The van der Waals surface area contributed by atoms with Crippen molar-refractivity contribution in [2.75, 3.05) is 26.2 Å². The van der Waals surface area contributed by atoms with Crippen molar-refractivity contribution in [2.24, 2.45) is 0 Å². The Balaban J connectivity index is 1.41. The Morgan fingerprint density at radius 3 is 2.72 bits per heavy atom. The summed E-state index contributed by atoms with van der Waals surface area (Å²) in [6.45, 7) is 2.48. The minimum atomic E-state index is -3.50. The summed E-state index contributed by atoms with van der Waals surface area (Å²) < 4.78 is 32.6. The number of rotatable bonds is 5. The van der Waals surface area contributed by atoms with Crippen molar-refractivity contribution in [3.05, 3.63) is 29.8 Å². The molecule has 2 bridgehead atoms. The van der Waals surface area contributed by atoms with E-state index < -0.39 is 10.0 Å². The smallest absolute Gasteiger partial charge is 0.251 e. The van der Waals surface area contributed by atoms with E-state index in [1.165, 1.54) is 12.1 Å². The summed E-state index contributed by atoms with van der Waals surface area (Å²) >= 11 is 0. The molecule has 1 aromatic carbocycles. The lowest BCUT2D eigenvalue weighted by molar-refractivity contribution is 0.0857. The van der Waals surface area contributed by atoms with Gasteiger partial charge in [0.1, 0.15) is 0 Å². The molecular formula is C17H23N3O4S. The van der Waals surface area contributed by atoms with E-state index in [1.807, 2.05) is 0 Å². The molecule has 25 heavy (non-hydrogen) atoms. The molecule has 0 spiro atoms. The van der Waals surface area contributed by atoms with Gasteiger partial charge in [-0.1, -0.05) is 0 Å². The molecule has 2 N–H and O–H groups in total. The van der Waals surface area contributed by atoms with Gasteiger partial charge in [-0.15, -0.1) is 0 Å². The summed E-state index contributed by atoms with van der Waals surface area (Å²) in [6.07, 6.45) is 2.96. The molecule has 1 aromatic rings. The first-order valence-corrected chi connectivity index (χ1v) is 10.2. The number of amides is 1. The molecule has 0 aromatic heterocycles. The van der Waals surface area contributed by atoms with Gasteiger partial charge >= 0.3 is 0 Å². The number of sulfonamides is 1. The molecule has 3 aliphatic heterocycles. The zero-order valence-corrected chi connectivity index (χ0v) is 14.8. The second-order valence-electron chi connectivity index (χ2n) is 6.94. The molecule has 8 heteroatoms. The highest BCUT2D eigenvalue weighted by Gasteiger charge is 2.44. The fourth-order valence-electron chi connectivity index (χ4n) is 3.84. The number of carbonyl (C=O) groups is 1. The van der Waals surface area contributed by atoms with Crippen LogP contribution in [0.4, 0.5) is 0 Å². The Morgan fingerprint density at radius 1 is 1.32 bits per heavy atom. The fourth-order valence-corrected chi connectivity index (χ4v) is 5.52. The van der Waals surface area contributed by atoms with Gasteiger partial charge in [0, 0.05) is 43.9 Å². The zero-order chi connectivity index (χ0) is 17.4. The van der Waals surface area contributed by atoms with E-state index in [-0.39, 0.29) is 29.0 Å². The minimum absolute atomic E-state index is 0.0457. The van der Waals surface area contributed by atoms with Gasteiger partial charge in [-0.05, 0) is 43.5 Å². The van der Waals surface area contributed by atoms with E-state index in [2.05, 4.69) is 10.6 Å². The SMILES string of the molecule is O=C(NC[C@H]1CCCO1)c1ccc(S(=O)(=O)N2C[C@H]3C[C@@H]2CN3)cc1. The largest absolute Gasteiger partial charge is 0.376 e. The molecule has 0 aliphatic carbocycles. The van der Waals surface area contributed by atoms with Crippen LogP contribution in [-0.2, 0) is 14.8 Å². The summed E-state index contributed by atoms with van der Waals surface area (Å²) in [5, 5.41) is 6.15. The van der Waals surface area contributed by atoms with Crippen LogP contribution in [0.15, 0.2) is 29.2 Å². The topological polar surface area (TPSA) is 87.7 Å². The maximum Gasteiger partial charge on any atom is 0.251 e. The van der Waals surface area contributed by atoms with Gasteiger partial charge in [-0.3, -0.25) is 4.79 Å². The third-order valence-electron chi connectivity index (χ3n) is 5.24. The van der Waals surface area contributed by atoms with Crippen molar-refractivity contribution in [1.29, 1.82) is 0 Å². The van der Waals surface area contributed by atoms with Crippen LogP contribution in [0.2, 0.25) is 0 Å². The highest BCUT2D eigenvalue weighted by atomic mass is 32.2. The quantitative estimate of drug-likeness (QED) is 0.785. The van der Waals surface area contributed by atoms with Gasteiger partial charge in [0.05, 0.1) is 11.0 Å². The van der Waals surface area contributed by atoms with Gasteiger partial charge < -0.3 is 15.4 Å². The molecule has 0 saturated carbocycles. The van der Waals surface area contributed by atoms with Crippen LogP contribution in [-0.4, -0.2) is 63.1 Å². The van der Waals surface area contributed by atoms with Crippen LogP contribution < -0.4 is 10.6 Å². The Labute approximate surface area is 147 Å². The number of nitrogens with one attached hydrogen (secondary N) is 2. The van der Waals surface area contributed by atoms with Crippen LogP contribution in [0, 0.1) is 0 Å². The minimum Gasteiger partial charge on any atom is -0.376 e. The fraction of sp³-hybridized carbons (Fsp3) is 0.588. The lowest BCUT2D eigenvalue weighted by Crippen LogP contribution is -2.46. The van der Waals surface area contributed by atoms with E-state index in [9.17, 15) is 13.2 Å². The lowest BCUT2D eigenvalue weighted by atomic mass is 10.2. The van der Waals surface area contributed by atoms with Crippen molar-refractivity contribution in [3.8, 4) is 0 Å². The summed E-state index contributed by atoms with van der Waals surface area (Å²) in [5.74, 6) is -0.205. The Bertz CT molecular complexity index is 744. The van der Waals surface area contributed by atoms with Crippen molar-refractivity contribution >= 4 is 15.9 Å². The van der Waals surface area contributed by atoms with Crippen LogP contribution >= 0.6 is 0 Å². The second kappa shape index (κ2) is 6.68. The van der Waals surface area contributed by atoms with E-state index in [1.54, 1.807) is 16.4 Å². The summed E-state index contributed by atoms with van der Waals surface area (Å²) in [6, 6.07) is 6.51. The average Bonchev–Trinajstić information content (AvgIpc) is 3.37. The third-order valence-corrected chi connectivity index (χ3v) is 7.18. The van der Waals surface area contributed by atoms with Gasteiger partial charge in [0.2, 0.25) is 10.0 Å². The van der Waals surface area contributed by atoms with Gasteiger partial charge in [-0.25, -0.2) is 8.42 Å². The predicted octanol–water partition coefficient (Wildman–Crippen LogP) is 0.330. The van der Waals surface area contributed by atoms with E-state index in [0.717, 1.165) is 25.9 Å². The molecule has 3 heterocycles. The van der Waals surface area contributed by atoms with E-state index in [4.69, 9.17) is 4.74 Å². The maximum atomic E-state index is 12.8. The lowest BCUT2D eigenvalue weighted by Gasteiger charge is -2.26. The molecule has 136 valence electrons. The molecule has 3 fully saturated rings. The average molecular weight is 365 g/mol. The second-order valence-corrected chi connectivity index (χ2v) is 8.83. The van der Waals surface area contributed by atoms with Crippen molar-refractivity contribution in [3.63, 3.8) is 0 Å². The molecule has 3 aliphatic rings. The summed E-state index contributed by atoms with van der Waals surface area (Å²) in [5.41, 5.74) is 0.460. The monoisotopic (exact) mass is 365 g/mol. The maximum absolute atomic E-state index is 12.8. The number of nitrogens with zero attached hydrogens (tertiary/aromatic N) is 1. The Kier molecular flexibility index (Phi) is 4.53. The van der Waals surface area contributed by atoms with Crippen molar-refractivity contribution < 1.29 is 17.9 Å². The molecule has 3 saturated heterocycles. The first-order chi connectivity index (χ1) is 12.0. The molecule has 7 nitrogen and oxygen atoms in total. The van der Waals surface area contributed by atoms with Crippen LogP contribution in [0.1, 0.15) is 29.6 Å². The normalized spacial score (nSPS) is 29.2. The van der Waals surface area contributed by atoms with Gasteiger partial charge in [0.25, 0.3) is 5.91 Å². The standard InChI is InChI=1S/C17H23N3O4S/c21-17(19-10-15-2-1-7-24-15)12-3-5-16(6-4-12)25(22,23)20-11-13-8-14(20)9-18-13/h3-6,13-15,18H,1-2,7-11H2,(H,19,21)/t13-,14-,15-/m1/s1. The highest BCUT2D eigenvalue weighted by Crippen LogP contribution is 2.29. The molecule has 4 rings (SSSR count). The number of hydrogen-bond acceptors (Lipinski definition) is 5. The number of fused-ring (bicyclic) bond motifs is 2. The van der Waals surface area contributed by atoms with E-state index in [0.29, 0.717) is 25.2 Å². The summed E-state index contributed by atoms with van der Waals surface area (Å²) in [4.78, 5) is 12.4. The van der Waals surface area contributed by atoms with Gasteiger partial charge in [-0.2, -0.15) is 4.31 Å².